The topological polar surface area (TPSA) is 65.5 Å². The van der Waals surface area contributed by atoms with E-state index in [1.807, 2.05) is 11.8 Å². The highest BCUT2D eigenvalue weighted by Gasteiger charge is 2.31. The zero-order valence-electron chi connectivity index (χ0n) is 14.8. The van der Waals surface area contributed by atoms with Gasteiger partial charge in [0.2, 0.25) is 0 Å². The van der Waals surface area contributed by atoms with Crippen molar-refractivity contribution < 1.29 is 23.1 Å². The summed E-state index contributed by atoms with van der Waals surface area (Å²) in [5, 5.41) is 12.8. The van der Waals surface area contributed by atoms with Crippen LogP contribution in [0.4, 0.5) is 19.0 Å². The van der Waals surface area contributed by atoms with Crippen LogP contribution in [0.2, 0.25) is 0 Å². The van der Waals surface area contributed by atoms with Gasteiger partial charge in [-0.2, -0.15) is 13.2 Å². The Morgan fingerprint density at radius 2 is 1.93 bits per heavy atom. The van der Waals surface area contributed by atoms with Crippen LogP contribution in [-0.4, -0.2) is 35.1 Å². The second kappa shape index (κ2) is 7.46. The molecule has 1 aliphatic heterocycles. The van der Waals surface area contributed by atoms with Crippen molar-refractivity contribution in [3.05, 3.63) is 53.2 Å². The Morgan fingerprint density at radius 1 is 1.22 bits per heavy atom. The number of rotatable bonds is 3. The summed E-state index contributed by atoms with van der Waals surface area (Å²) in [6.07, 6.45) is -2.28. The van der Waals surface area contributed by atoms with E-state index in [9.17, 15) is 23.1 Å². The number of nitrogens with one attached hydrogen (secondary N) is 1. The van der Waals surface area contributed by atoms with Gasteiger partial charge in [-0.05, 0) is 49.6 Å². The Bertz CT molecular complexity index is 814. The lowest BCUT2D eigenvalue weighted by atomic mass is 10.0. The van der Waals surface area contributed by atoms with E-state index >= 15 is 0 Å². The summed E-state index contributed by atoms with van der Waals surface area (Å²) in [5.41, 5.74) is 0.320. The molecule has 2 N–H and O–H groups in total. The number of phenolic OH excluding ortho intramolecular Hbond substituents is 1. The number of alkyl halides is 3. The van der Waals surface area contributed by atoms with Crippen molar-refractivity contribution in [2.45, 2.75) is 32.0 Å². The van der Waals surface area contributed by atoms with Crippen molar-refractivity contribution in [2.75, 3.05) is 18.0 Å². The molecule has 27 heavy (non-hydrogen) atoms. The summed E-state index contributed by atoms with van der Waals surface area (Å²) < 4.78 is 37.8. The first kappa shape index (κ1) is 19.0. The van der Waals surface area contributed by atoms with Gasteiger partial charge in [-0.25, -0.2) is 4.98 Å². The summed E-state index contributed by atoms with van der Waals surface area (Å²) in [7, 11) is 0. The van der Waals surface area contributed by atoms with E-state index in [1.54, 1.807) is 12.1 Å². The number of piperidine rings is 1. The minimum absolute atomic E-state index is 0.0566. The molecule has 3 rings (SSSR count). The molecule has 0 aliphatic carbocycles. The van der Waals surface area contributed by atoms with Crippen LogP contribution in [0.1, 0.15) is 34.3 Å². The summed E-state index contributed by atoms with van der Waals surface area (Å²) in [4.78, 5) is 18.1. The summed E-state index contributed by atoms with van der Waals surface area (Å²) >= 11 is 0. The van der Waals surface area contributed by atoms with Crippen molar-refractivity contribution >= 4 is 11.7 Å². The second-order valence-corrected chi connectivity index (χ2v) is 6.66. The number of aromatic nitrogens is 1. The fourth-order valence-electron chi connectivity index (χ4n) is 3.09. The lowest BCUT2D eigenvalue weighted by molar-refractivity contribution is -0.137. The highest BCUT2D eigenvalue weighted by atomic mass is 19.4. The number of benzene rings is 1. The first-order chi connectivity index (χ1) is 12.7. The van der Waals surface area contributed by atoms with E-state index in [1.165, 1.54) is 12.1 Å². The number of pyridine rings is 1. The molecule has 2 aromatic rings. The molecule has 0 saturated carbocycles. The molecule has 1 aliphatic rings. The normalized spacial score (nSPS) is 15.6. The fraction of sp³-hybridized carbons (Fsp3) is 0.368. The number of carbonyl (C=O) groups excluding carboxylic acids is 1. The average molecular weight is 379 g/mol. The van der Waals surface area contributed by atoms with Gasteiger partial charge in [-0.3, -0.25) is 4.79 Å². The maximum absolute atomic E-state index is 12.6. The standard InChI is InChI=1S/C19H20F3N3O2/c1-12-2-4-15(16(26)10-12)18(27)24-14-6-8-25(9-7-14)17-5-3-13(11-23-17)19(20,21)22/h2-5,10-11,14,26H,6-9H2,1H3,(H,24,27). The zero-order chi connectivity index (χ0) is 19.6. The Balaban J connectivity index is 1.56. The second-order valence-electron chi connectivity index (χ2n) is 6.66. The highest BCUT2D eigenvalue weighted by molar-refractivity contribution is 5.97. The van der Waals surface area contributed by atoms with Crippen molar-refractivity contribution in [3.8, 4) is 5.75 Å². The fourth-order valence-corrected chi connectivity index (χ4v) is 3.09. The monoisotopic (exact) mass is 379 g/mol. The van der Waals surface area contributed by atoms with E-state index in [0.29, 0.717) is 31.7 Å². The largest absolute Gasteiger partial charge is 0.507 e. The molecule has 0 radical (unpaired) electrons. The molecule has 1 fully saturated rings. The Kier molecular flexibility index (Phi) is 5.25. The number of phenols is 1. The van der Waals surface area contributed by atoms with Crippen LogP contribution in [0.15, 0.2) is 36.5 Å². The molecule has 8 heteroatoms. The molecule has 1 aromatic carbocycles. The molecular weight excluding hydrogens is 359 g/mol. The predicted molar refractivity (Wildman–Crippen MR) is 94.8 cm³/mol. The van der Waals surface area contributed by atoms with Gasteiger partial charge in [-0.1, -0.05) is 6.07 Å². The van der Waals surface area contributed by atoms with Crippen molar-refractivity contribution in [1.82, 2.24) is 10.3 Å². The molecule has 5 nitrogen and oxygen atoms in total. The van der Waals surface area contributed by atoms with Crippen molar-refractivity contribution in [3.63, 3.8) is 0 Å². The molecule has 1 amide bonds. The van der Waals surface area contributed by atoms with E-state index in [4.69, 9.17) is 0 Å². The van der Waals surface area contributed by atoms with Crippen LogP contribution in [-0.2, 0) is 6.18 Å². The maximum Gasteiger partial charge on any atom is 0.417 e. The number of aromatic hydroxyl groups is 1. The first-order valence-electron chi connectivity index (χ1n) is 8.63. The molecule has 0 unspecified atom stereocenters. The van der Waals surface area contributed by atoms with Crippen molar-refractivity contribution in [2.24, 2.45) is 0 Å². The lowest BCUT2D eigenvalue weighted by Crippen LogP contribution is -2.45. The van der Waals surface area contributed by atoms with Gasteiger partial charge in [0.05, 0.1) is 11.1 Å². The van der Waals surface area contributed by atoms with Crippen LogP contribution in [0.3, 0.4) is 0 Å². The molecule has 0 spiro atoms. The third kappa shape index (κ3) is 4.50. The number of hydrogen-bond donors (Lipinski definition) is 2. The van der Waals surface area contributed by atoms with Gasteiger partial charge in [0.1, 0.15) is 11.6 Å². The van der Waals surface area contributed by atoms with Gasteiger partial charge < -0.3 is 15.3 Å². The van der Waals surface area contributed by atoms with Gasteiger partial charge in [0.25, 0.3) is 5.91 Å². The van der Waals surface area contributed by atoms with E-state index < -0.39 is 11.7 Å². The van der Waals surface area contributed by atoms with Crippen LogP contribution >= 0.6 is 0 Å². The Morgan fingerprint density at radius 3 is 2.48 bits per heavy atom. The lowest BCUT2D eigenvalue weighted by Gasteiger charge is -2.33. The van der Waals surface area contributed by atoms with E-state index in [2.05, 4.69) is 10.3 Å². The van der Waals surface area contributed by atoms with Gasteiger partial charge in [0.15, 0.2) is 0 Å². The van der Waals surface area contributed by atoms with Crippen LogP contribution in [0.5, 0.6) is 5.75 Å². The number of anilines is 1. The molecule has 2 heterocycles. The van der Waals surface area contributed by atoms with E-state index in [0.717, 1.165) is 17.8 Å². The number of amides is 1. The molecule has 0 atom stereocenters. The minimum atomic E-state index is -4.40. The molecule has 0 bridgehead atoms. The highest BCUT2D eigenvalue weighted by Crippen LogP contribution is 2.30. The number of hydrogen-bond acceptors (Lipinski definition) is 4. The number of carbonyl (C=O) groups is 1. The average Bonchev–Trinajstić information content (AvgIpc) is 2.61. The molecule has 144 valence electrons. The Hall–Kier alpha value is -2.77. The van der Waals surface area contributed by atoms with Gasteiger partial charge in [0, 0.05) is 25.3 Å². The first-order valence-corrected chi connectivity index (χ1v) is 8.63. The van der Waals surface area contributed by atoms with Crippen LogP contribution in [0.25, 0.3) is 0 Å². The SMILES string of the molecule is Cc1ccc(C(=O)NC2CCN(c3ccc(C(F)(F)F)cn3)CC2)c(O)c1. The third-order valence-electron chi connectivity index (χ3n) is 4.63. The maximum atomic E-state index is 12.6. The molecule has 1 aromatic heterocycles. The van der Waals surface area contributed by atoms with Gasteiger partial charge >= 0.3 is 6.18 Å². The molecule has 1 saturated heterocycles. The predicted octanol–water partition coefficient (Wildman–Crippen LogP) is 3.51. The summed E-state index contributed by atoms with van der Waals surface area (Å²) in [6, 6.07) is 7.20. The molecular formula is C19H20F3N3O2. The minimum Gasteiger partial charge on any atom is -0.507 e. The van der Waals surface area contributed by atoms with Crippen molar-refractivity contribution in [1.29, 1.82) is 0 Å². The number of nitrogens with zero attached hydrogens (tertiary/aromatic N) is 2. The number of halogens is 3. The summed E-state index contributed by atoms with van der Waals surface area (Å²) in [6.45, 7) is 2.97. The van der Waals surface area contributed by atoms with Gasteiger partial charge in [-0.15, -0.1) is 0 Å². The van der Waals surface area contributed by atoms with Crippen LogP contribution in [0, 0.1) is 6.92 Å². The quantitative estimate of drug-likeness (QED) is 0.857. The van der Waals surface area contributed by atoms with Crippen LogP contribution < -0.4 is 10.2 Å². The smallest absolute Gasteiger partial charge is 0.417 e. The number of aryl methyl sites for hydroxylation is 1. The summed E-state index contributed by atoms with van der Waals surface area (Å²) in [5.74, 6) is 0.0986. The Labute approximate surface area is 154 Å². The zero-order valence-corrected chi connectivity index (χ0v) is 14.8. The third-order valence-corrected chi connectivity index (χ3v) is 4.63. The van der Waals surface area contributed by atoms with E-state index in [-0.39, 0.29) is 23.3 Å².